The summed E-state index contributed by atoms with van der Waals surface area (Å²) in [6.07, 6.45) is 12.7. The van der Waals surface area contributed by atoms with Crippen LogP contribution in [-0.4, -0.2) is 11.9 Å². The average molecular weight is 535 g/mol. The number of benzene rings is 1. The third-order valence-corrected chi connectivity index (χ3v) is 13.6. The van der Waals surface area contributed by atoms with Crippen LogP contribution < -0.4 is 9.47 Å². The van der Waals surface area contributed by atoms with E-state index in [0.717, 1.165) is 35.8 Å². The topological polar surface area (TPSA) is 52.6 Å². The average Bonchev–Trinajstić information content (AvgIpc) is 3.14. The third-order valence-electron chi connectivity index (χ3n) is 13.6. The highest BCUT2D eigenvalue weighted by atomic mass is 16.5. The van der Waals surface area contributed by atoms with Crippen molar-refractivity contribution in [1.82, 2.24) is 0 Å². The molecule has 0 saturated heterocycles. The van der Waals surface area contributed by atoms with Crippen LogP contribution in [0.2, 0.25) is 0 Å². The van der Waals surface area contributed by atoms with Gasteiger partial charge in [-0.25, -0.2) is 0 Å². The Kier molecular flexibility index (Phi) is 6.02. The summed E-state index contributed by atoms with van der Waals surface area (Å²) in [4.78, 5) is 24.2. The summed E-state index contributed by atoms with van der Waals surface area (Å²) in [6.45, 7) is 18.4. The molecule has 4 saturated carbocycles. The van der Waals surface area contributed by atoms with E-state index in [1.165, 1.54) is 65.2 Å². The van der Waals surface area contributed by atoms with Crippen molar-refractivity contribution < 1.29 is 19.1 Å². The maximum atomic E-state index is 12.1. The van der Waals surface area contributed by atoms with Gasteiger partial charge in [0.15, 0.2) is 0 Å². The fourth-order valence-electron chi connectivity index (χ4n) is 12.5. The third kappa shape index (κ3) is 3.67. The van der Waals surface area contributed by atoms with E-state index in [2.05, 4.69) is 41.5 Å². The summed E-state index contributed by atoms with van der Waals surface area (Å²) < 4.78 is 11.6. The fraction of sp³-hybridized carbons (Fsp3) is 0.771. The maximum absolute atomic E-state index is 12.1. The van der Waals surface area contributed by atoms with E-state index in [1.54, 1.807) is 0 Å². The zero-order valence-corrected chi connectivity index (χ0v) is 25.7. The molecule has 6 rings (SSSR count). The van der Waals surface area contributed by atoms with Gasteiger partial charge in [-0.05, 0) is 115 Å². The van der Waals surface area contributed by atoms with E-state index < -0.39 is 0 Å². The Bertz CT molecular complexity index is 1220. The molecule has 0 aliphatic heterocycles. The van der Waals surface area contributed by atoms with E-state index in [4.69, 9.17) is 9.47 Å². The Morgan fingerprint density at radius 2 is 1.18 bits per heavy atom. The van der Waals surface area contributed by atoms with Crippen LogP contribution in [0.1, 0.15) is 124 Å². The monoisotopic (exact) mass is 534 g/mol. The summed E-state index contributed by atoms with van der Waals surface area (Å²) in [5.74, 6) is 3.49. The number of carbonyl (C=O) groups excluding carboxylic acids is 2. The molecule has 214 valence electrons. The Hall–Kier alpha value is -1.84. The molecule has 0 spiro atoms. The van der Waals surface area contributed by atoms with Crippen LogP contribution in [0.4, 0.5) is 0 Å². The van der Waals surface area contributed by atoms with Crippen LogP contribution in [0.15, 0.2) is 12.1 Å². The van der Waals surface area contributed by atoms with Gasteiger partial charge in [0.1, 0.15) is 11.5 Å². The van der Waals surface area contributed by atoms with E-state index in [9.17, 15) is 9.59 Å². The van der Waals surface area contributed by atoms with Gasteiger partial charge in [-0.2, -0.15) is 0 Å². The predicted molar refractivity (Wildman–Crippen MR) is 154 cm³/mol. The number of rotatable bonds is 2. The first-order valence-corrected chi connectivity index (χ1v) is 15.7. The predicted octanol–water partition coefficient (Wildman–Crippen LogP) is 8.43. The van der Waals surface area contributed by atoms with Crippen LogP contribution in [0.5, 0.6) is 11.5 Å². The second kappa shape index (κ2) is 8.58. The quantitative estimate of drug-likeness (QED) is 0.282. The molecule has 0 unspecified atom stereocenters. The van der Waals surface area contributed by atoms with Gasteiger partial charge in [0.25, 0.3) is 0 Å². The summed E-state index contributed by atoms with van der Waals surface area (Å²) in [5, 5.41) is 0. The number of carbonyl (C=O) groups is 2. The molecule has 39 heavy (non-hydrogen) atoms. The molecule has 0 amide bonds. The molecule has 5 aliphatic carbocycles. The Morgan fingerprint density at radius 1 is 0.667 bits per heavy atom. The molecule has 4 nitrogen and oxygen atoms in total. The molecule has 0 heterocycles. The molecule has 4 heteroatoms. The standard InChI is InChI=1S/C35H50O4/c1-21(36)38-24-10-11-25(39-22(2)37)30-23(24)20-29-34(7)18-13-27-32(5)16-9-15-31(3,4)26(32)12-17-33(27,6)28(34)14-19-35(29,30)8/h10-11,26-29H,9,12-20H2,1-8H3/t26-,27+,28-,29-,32-,33+,34-,35-/m0/s1. The van der Waals surface area contributed by atoms with Crippen LogP contribution in [0, 0.1) is 45.3 Å². The zero-order valence-electron chi connectivity index (χ0n) is 25.7. The minimum atomic E-state index is -0.296. The van der Waals surface area contributed by atoms with Crippen molar-refractivity contribution in [2.45, 2.75) is 125 Å². The Labute approximate surface area is 236 Å². The molecular weight excluding hydrogens is 484 g/mol. The molecule has 0 bridgehead atoms. The number of fused-ring (bicyclic) bond motifs is 9. The number of esters is 2. The largest absolute Gasteiger partial charge is 0.426 e. The minimum Gasteiger partial charge on any atom is -0.426 e. The van der Waals surface area contributed by atoms with Crippen molar-refractivity contribution in [2.75, 3.05) is 0 Å². The molecular formula is C35H50O4. The highest BCUT2D eigenvalue weighted by molar-refractivity contribution is 5.73. The lowest BCUT2D eigenvalue weighted by Crippen LogP contribution is -2.64. The highest BCUT2D eigenvalue weighted by Gasteiger charge is 2.69. The normalized spacial score (nSPS) is 43.7. The van der Waals surface area contributed by atoms with Gasteiger partial charge >= 0.3 is 11.9 Å². The summed E-state index contributed by atoms with van der Waals surface area (Å²) in [6, 6.07) is 3.69. The fourth-order valence-corrected chi connectivity index (χ4v) is 12.5. The van der Waals surface area contributed by atoms with Crippen LogP contribution >= 0.6 is 0 Å². The molecule has 1 aromatic carbocycles. The van der Waals surface area contributed by atoms with Gasteiger partial charge in [-0.15, -0.1) is 0 Å². The van der Waals surface area contributed by atoms with E-state index in [1.807, 2.05) is 12.1 Å². The van der Waals surface area contributed by atoms with Crippen molar-refractivity contribution in [3.63, 3.8) is 0 Å². The molecule has 8 atom stereocenters. The number of ether oxygens (including phenoxy) is 2. The minimum absolute atomic E-state index is 0.0986. The van der Waals surface area contributed by atoms with Crippen LogP contribution in [-0.2, 0) is 21.4 Å². The Balaban J connectivity index is 1.41. The van der Waals surface area contributed by atoms with Gasteiger partial charge in [-0.1, -0.05) is 48.0 Å². The summed E-state index contributed by atoms with van der Waals surface area (Å²) in [5.41, 5.74) is 3.57. The smallest absolute Gasteiger partial charge is 0.308 e. The van der Waals surface area contributed by atoms with Crippen molar-refractivity contribution >= 4 is 11.9 Å². The number of hydrogen-bond donors (Lipinski definition) is 0. The summed E-state index contributed by atoms with van der Waals surface area (Å²) >= 11 is 0. The van der Waals surface area contributed by atoms with Gasteiger partial charge < -0.3 is 9.47 Å². The lowest BCUT2D eigenvalue weighted by atomic mass is 9.34. The second-order valence-corrected chi connectivity index (χ2v) is 15.9. The molecule has 5 aliphatic rings. The van der Waals surface area contributed by atoms with E-state index in [0.29, 0.717) is 39.6 Å². The van der Waals surface area contributed by atoms with Crippen LogP contribution in [0.25, 0.3) is 0 Å². The SMILES string of the molecule is CC(=O)Oc1ccc(OC(C)=O)c2c1C[C@H]1[C@@]3(C)CC[C@H]4[C@@](C)(CC[C@H]5C(C)(C)CCC[C@]45C)[C@@H]3CC[C@]21C. The van der Waals surface area contributed by atoms with E-state index >= 15 is 0 Å². The first-order chi connectivity index (χ1) is 18.2. The lowest BCUT2D eigenvalue weighted by Gasteiger charge is -2.71. The molecule has 0 aromatic heterocycles. The molecule has 4 fully saturated rings. The number of hydrogen-bond acceptors (Lipinski definition) is 4. The van der Waals surface area contributed by atoms with Gasteiger partial charge in [0.2, 0.25) is 0 Å². The van der Waals surface area contributed by atoms with Crippen molar-refractivity contribution in [1.29, 1.82) is 0 Å². The van der Waals surface area contributed by atoms with E-state index in [-0.39, 0.29) is 22.8 Å². The van der Waals surface area contributed by atoms with Gasteiger partial charge in [-0.3, -0.25) is 9.59 Å². The van der Waals surface area contributed by atoms with Crippen molar-refractivity contribution in [3.8, 4) is 11.5 Å². The van der Waals surface area contributed by atoms with Gasteiger partial charge in [0.05, 0.1) is 0 Å². The van der Waals surface area contributed by atoms with Gasteiger partial charge in [0, 0.05) is 30.4 Å². The first-order valence-electron chi connectivity index (χ1n) is 15.7. The van der Waals surface area contributed by atoms with Crippen molar-refractivity contribution in [3.05, 3.63) is 23.3 Å². The maximum Gasteiger partial charge on any atom is 0.308 e. The second-order valence-electron chi connectivity index (χ2n) is 15.9. The highest BCUT2D eigenvalue weighted by Crippen LogP contribution is 2.76. The molecule has 1 aromatic rings. The lowest BCUT2D eigenvalue weighted by molar-refractivity contribution is -0.216. The van der Waals surface area contributed by atoms with Crippen molar-refractivity contribution in [2.24, 2.45) is 45.3 Å². The first kappa shape index (κ1) is 27.3. The summed E-state index contributed by atoms with van der Waals surface area (Å²) in [7, 11) is 0. The Morgan fingerprint density at radius 3 is 1.82 bits per heavy atom. The molecule has 0 N–H and O–H groups in total. The zero-order chi connectivity index (χ0) is 28.2. The molecule has 0 radical (unpaired) electrons. The van der Waals surface area contributed by atoms with Crippen LogP contribution in [0.3, 0.4) is 0 Å².